The van der Waals surface area contributed by atoms with Crippen LogP contribution in [0.25, 0.3) is 0 Å². The van der Waals surface area contributed by atoms with Gasteiger partial charge in [0.05, 0.1) is 21.5 Å². The molecule has 1 atom stereocenters. The Bertz CT molecular complexity index is 1020. The van der Waals surface area contributed by atoms with E-state index in [-0.39, 0.29) is 48.8 Å². The van der Waals surface area contributed by atoms with Crippen LogP contribution in [0.5, 0.6) is 0 Å². The third-order valence-electron chi connectivity index (χ3n) is 4.84. The molecule has 1 aliphatic heterocycles. The second kappa shape index (κ2) is 11.6. The van der Waals surface area contributed by atoms with Crippen LogP contribution < -0.4 is 20.9 Å². The molecule has 8 nitrogen and oxygen atoms in total. The lowest BCUT2D eigenvalue weighted by atomic mass is 10.1. The van der Waals surface area contributed by atoms with Crippen molar-refractivity contribution in [2.45, 2.75) is 19.9 Å². The zero-order valence-corrected chi connectivity index (χ0v) is 19.9. The summed E-state index contributed by atoms with van der Waals surface area (Å²) >= 11 is 7.02. The van der Waals surface area contributed by atoms with Crippen molar-refractivity contribution in [1.82, 2.24) is 10.6 Å². The van der Waals surface area contributed by atoms with Crippen molar-refractivity contribution < 1.29 is 23.5 Å². The minimum Gasteiger partial charge on any atom is -0.370 e. The predicted molar refractivity (Wildman–Crippen MR) is 126 cm³/mol. The van der Waals surface area contributed by atoms with Gasteiger partial charge in [-0.15, -0.1) is 11.3 Å². The molecule has 3 N–H and O–H groups in total. The number of morpholine rings is 1. The first-order valence-corrected chi connectivity index (χ1v) is 11.7. The van der Waals surface area contributed by atoms with Crippen molar-refractivity contribution in [2.75, 3.05) is 43.1 Å². The number of nitrogens with zero attached hydrogens (tertiary/aromatic N) is 1. The summed E-state index contributed by atoms with van der Waals surface area (Å²) < 4.78 is 20.3. The largest absolute Gasteiger partial charge is 0.370 e. The fraction of sp³-hybridized carbons (Fsp3) is 0.409. The van der Waals surface area contributed by atoms with Crippen LogP contribution in [0, 0.1) is 11.7 Å². The minimum atomic E-state index is -0.740. The average molecular weight is 497 g/mol. The van der Waals surface area contributed by atoms with E-state index >= 15 is 0 Å². The van der Waals surface area contributed by atoms with Gasteiger partial charge in [-0.3, -0.25) is 14.4 Å². The Morgan fingerprint density at radius 3 is 2.67 bits per heavy atom. The van der Waals surface area contributed by atoms with E-state index in [9.17, 15) is 18.8 Å². The zero-order chi connectivity index (χ0) is 24.0. The Morgan fingerprint density at radius 1 is 1.24 bits per heavy atom. The topological polar surface area (TPSA) is 99.8 Å². The number of benzene rings is 1. The van der Waals surface area contributed by atoms with Crippen LogP contribution >= 0.6 is 22.9 Å². The first kappa shape index (κ1) is 25.1. The Balaban J connectivity index is 1.65. The van der Waals surface area contributed by atoms with Gasteiger partial charge >= 0.3 is 0 Å². The van der Waals surface area contributed by atoms with Gasteiger partial charge in [0.2, 0.25) is 5.91 Å². The van der Waals surface area contributed by atoms with E-state index in [4.69, 9.17) is 16.3 Å². The summed E-state index contributed by atoms with van der Waals surface area (Å²) in [7, 11) is 0. The molecule has 0 bridgehead atoms. The van der Waals surface area contributed by atoms with Gasteiger partial charge in [0.25, 0.3) is 11.8 Å². The first-order valence-electron chi connectivity index (χ1n) is 10.5. The van der Waals surface area contributed by atoms with Crippen molar-refractivity contribution in [3.63, 3.8) is 0 Å². The molecule has 0 radical (unpaired) electrons. The standard InChI is InChI=1S/C22H26ClFN4O4S/c1-13(2)10-25-16(11-26-22(31)18-5-6-19(23)33-18)21(30)27-14-3-4-17(15(24)9-14)28-7-8-32-12-20(28)29/h3-6,9,13,16,25H,7-8,10-12H2,1-2H3,(H,26,31)(H,27,30)/t16-/m1/s1. The number of hydrogen-bond acceptors (Lipinski definition) is 6. The SMILES string of the molecule is CC(C)CN[C@H](CNC(=O)c1ccc(Cl)s1)C(=O)Nc1ccc(N2CCOCC2=O)c(F)c1. The number of nitrogens with one attached hydrogen (secondary N) is 3. The Kier molecular flexibility index (Phi) is 8.79. The van der Waals surface area contributed by atoms with E-state index in [1.165, 1.54) is 23.1 Å². The van der Waals surface area contributed by atoms with E-state index in [2.05, 4.69) is 16.0 Å². The van der Waals surface area contributed by atoms with Crippen LogP contribution in [-0.2, 0) is 14.3 Å². The molecule has 1 aliphatic rings. The maximum Gasteiger partial charge on any atom is 0.261 e. The van der Waals surface area contributed by atoms with E-state index in [1.54, 1.807) is 12.1 Å². The molecule has 0 spiro atoms. The summed E-state index contributed by atoms with van der Waals surface area (Å²) in [5, 5.41) is 8.53. The van der Waals surface area contributed by atoms with Crippen molar-refractivity contribution >= 4 is 52.0 Å². The van der Waals surface area contributed by atoms with Crippen LogP contribution in [0.15, 0.2) is 30.3 Å². The molecule has 33 heavy (non-hydrogen) atoms. The molecule has 11 heteroatoms. The molecular weight excluding hydrogens is 471 g/mol. The van der Waals surface area contributed by atoms with E-state index in [0.717, 1.165) is 11.3 Å². The molecule has 3 amide bonds. The molecular formula is C22H26ClFN4O4S. The normalized spacial score (nSPS) is 14.9. The second-order valence-corrected chi connectivity index (χ2v) is 9.64. The van der Waals surface area contributed by atoms with Crippen LogP contribution in [0.3, 0.4) is 0 Å². The zero-order valence-electron chi connectivity index (χ0n) is 18.3. The van der Waals surface area contributed by atoms with E-state index in [0.29, 0.717) is 22.4 Å². The van der Waals surface area contributed by atoms with Crippen molar-refractivity contribution in [3.05, 3.63) is 45.4 Å². The number of anilines is 2. The first-order chi connectivity index (χ1) is 15.7. The van der Waals surface area contributed by atoms with Crippen molar-refractivity contribution in [1.29, 1.82) is 0 Å². The monoisotopic (exact) mass is 496 g/mol. The van der Waals surface area contributed by atoms with Crippen LogP contribution in [-0.4, -0.2) is 56.6 Å². The number of ether oxygens (including phenoxy) is 1. The second-order valence-electron chi connectivity index (χ2n) is 7.92. The molecule has 2 heterocycles. The summed E-state index contributed by atoms with van der Waals surface area (Å²) in [6.45, 7) is 5.07. The highest BCUT2D eigenvalue weighted by molar-refractivity contribution is 7.18. The van der Waals surface area contributed by atoms with Crippen LogP contribution in [0.2, 0.25) is 4.34 Å². The number of thiophene rings is 1. The summed E-state index contributed by atoms with van der Waals surface area (Å²) in [5.41, 5.74) is 0.382. The van der Waals surface area contributed by atoms with E-state index in [1.807, 2.05) is 13.8 Å². The van der Waals surface area contributed by atoms with Gasteiger partial charge in [-0.05, 0) is 42.8 Å². The number of carbonyl (C=O) groups is 3. The summed E-state index contributed by atoms with van der Waals surface area (Å²) in [4.78, 5) is 39.0. The highest BCUT2D eigenvalue weighted by atomic mass is 35.5. The number of hydrogen-bond donors (Lipinski definition) is 3. The summed E-state index contributed by atoms with van der Waals surface area (Å²) in [6.07, 6.45) is 0. The maximum atomic E-state index is 14.7. The molecule has 0 unspecified atom stereocenters. The third-order valence-corrected chi connectivity index (χ3v) is 6.07. The Morgan fingerprint density at radius 2 is 2.03 bits per heavy atom. The van der Waals surface area contributed by atoms with Crippen LogP contribution in [0.1, 0.15) is 23.5 Å². The number of rotatable bonds is 9. The highest BCUT2D eigenvalue weighted by Crippen LogP contribution is 2.24. The molecule has 0 aliphatic carbocycles. The minimum absolute atomic E-state index is 0.0375. The Hall–Kier alpha value is -2.53. The van der Waals surface area contributed by atoms with Gasteiger partial charge < -0.3 is 25.6 Å². The van der Waals surface area contributed by atoms with Crippen molar-refractivity contribution in [2.24, 2.45) is 5.92 Å². The lowest BCUT2D eigenvalue weighted by Crippen LogP contribution is -2.49. The third kappa shape index (κ3) is 6.97. The fourth-order valence-corrected chi connectivity index (χ4v) is 4.12. The summed E-state index contributed by atoms with van der Waals surface area (Å²) in [5.74, 6) is -1.43. The molecule has 2 aromatic rings. The average Bonchev–Trinajstić information content (AvgIpc) is 3.20. The quantitative estimate of drug-likeness (QED) is 0.495. The molecule has 1 aromatic heterocycles. The number of halogens is 2. The van der Waals surface area contributed by atoms with Gasteiger partial charge in [0.15, 0.2) is 0 Å². The highest BCUT2D eigenvalue weighted by Gasteiger charge is 2.24. The fourth-order valence-electron chi connectivity index (χ4n) is 3.16. The Labute approximate surface area is 200 Å². The molecule has 3 rings (SSSR count). The van der Waals surface area contributed by atoms with E-state index < -0.39 is 17.8 Å². The van der Waals surface area contributed by atoms with Crippen LogP contribution in [0.4, 0.5) is 15.8 Å². The molecule has 178 valence electrons. The molecule has 1 aromatic carbocycles. The smallest absolute Gasteiger partial charge is 0.261 e. The number of carbonyl (C=O) groups excluding carboxylic acids is 3. The molecule has 1 saturated heterocycles. The molecule has 1 fully saturated rings. The van der Waals surface area contributed by atoms with Gasteiger partial charge in [0.1, 0.15) is 18.5 Å². The lowest BCUT2D eigenvalue weighted by molar-refractivity contribution is -0.125. The molecule has 0 saturated carbocycles. The van der Waals surface area contributed by atoms with Gasteiger partial charge in [-0.1, -0.05) is 25.4 Å². The van der Waals surface area contributed by atoms with Gasteiger partial charge in [-0.25, -0.2) is 4.39 Å². The lowest BCUT2D eigenvalue weighted by Gasteiger charge is -2.27. The number of amides is 3. The predicted octanol–water partition coefficient (Wildman–Crippen LogP) is 2.89. The van der Waals surface area contributed by atoms with Gasteiger partial charge in [-0.2, -0.15) is 0 Å². The maximum absolute atomic E-state index is 14.7. The summed E-state index contributed by atoms with van der Waals surface area (Å²) in [6, 6.07) is 6.66. The van der Waals surface area contributed by atoms with Crippen molar-refractivity contribution in [3.8, 4) is 0 Å². The van der Waals surface area contributed by atoms with Gasteiger partial charge in [0, 0.05) is 18.8 Å².